The first-order valence-electron chi connectivity index (χ1n) is 8.33. The van der Waals surface area contributed by atoms with Crippen molar-refractivity contribution in [2.24, 2.45) is 11.8 Å². The van der Waals surface area contributed by atoms with Crippen LogP contribution in [0.3, 0.4) is 0 Å². The summed E-state index contributed by atoms with van der Waals surface area (Å²) in [5.41, 5.74) is 2.72. The maximum absolute atomic E-state index is 4.00. The Hall–Kier alpha value is -0.980. The maximum Gasteiger partial charge on any atom is 0.0258 e. The van der Waals surface area contributed by atoms with Crippen molar-refractivity contribution >= 4 is 0 Å². The van der Waals surface area contributed by atoms with Crippen LogP contribution in [-0.2, 0) is 0 Å². The van der Waals surface area contributed by atoms with Gasteiger partial charge in [-0.25, -0.2) is 0 Å². The molecule has 1 nitrogen and oxygen atoms in total. The lowest BCUT2D eigenvalue weighted by Gasteiger charge is -2.28. The first-order valence-corrected chi connectivity index (χ1v) is 8.33. The van der Waals surface area contributed by atoms with Crippen molar-refractivity contribution in [1.82, 2.24) is 5.32 Å². The van der Waals surface area contributed by atoms with Crippen LogP contribution < -0.4 is 5.32 Å². The van der Waals surface area contributed by atoms with Gasteiger partial charge in [-0.3, -0.25) is 0 Å². The largest absolute Gasteiger partial charge is 0.385 e. The van der Waals surface area contributed by atoms with E-state index in [4.69, 9.17) is 0 Å². The lowest BCUT2D eigenvalue weighted by Crippen LogP contribution is -2.32. The summed E-state index contributed by atoms with van der Waals surface area (Å²) in [6.45, 7) is 13.0. The van der Waals surface area contributed by atoms with E-state index in [0.29, 0.717) is 17.9 Å². The maximum atomic E-state index is 4.00. The van der Waals surface area contributed by atoms with Gasteiger partial charge in [0.25, 0.3) is 0 Å². The Balaban J connectivity index is 2.66. The van der Waals surface area contributed by atoms with Gasteiger partial charge in [-0.1, -0.05) is 64.8 Å². The van der Waals surface area contributed by atoms with E-state index >= 15 is 0 Å². The van der Waals surface area contributed by atoms with Crippen LogP contribution in [-0.4, -0.2) is 6.04 Å². The van der Waals surface area contributed by atoms with Gasteiger partial charge in [-0.2, -0.15) is 0 Å². The summed E-state index contributed by atoms with van der Waals surface area (Å²) in [7, 11) is 0. The topological polar surface area (TPSA) is 12.0 Å². The van der Waals surface area contributed by atoms with Crippen molar-refractivity contribution in [2.75, 3.05) is 0 Å². The van der Waals surface area contributed by atoms with Crippen molar-refractivity contribution < 1.29 is 0 Å². The standard InChI is InChI=1S/C19H33N/c1-6-17(14-13-15(3)4)16(5)19(7-2)20-18-11-9-8-10-12-18/h6-7,14-16,18,20H,1,8-13H2,2-5H3/b17-14+,19-7-. The summed E-state index contributed by atoms with van der Waals surface area (Å²) in [4.78, 5) is 0. The van der Waals surface area contributed by atoms with Crippen molar-refractivity contribution in [3.8, 4) is 0 Å². The smallest absolute Gasteiger partial charge is 0.0258 e. The molecule has 0 aromatic carbocycles. The van der Waals surface area contributed by atoms with E-state index in [2.05, 4.69) is 51.7 Å². The average Bonchev–Trinajstić information content (AvgIpc) is 2.46. The average molecular weight is 275 g/mol. The molecule has 1 N–H and O–H groups in total. The van der Waals surface area contributed by atoms with Gasteiger partial charge in [-0.15, -0.1) is 0 Å². The third-order valence-corrected chi connectivity index (χ3v) is 4.31. The Morgan fingerprint density at radius 2 is 1.85 bits per heavy atom. The third-order valence-electron chi connectivity index (χ3n) is 4.31. The monoisotopic (exact) mass is 275 g/mol. The van der Waals surface area contributed by atoms with E-state index in [9.17, 15) is 0 Å². The number of nitrogens with one attached hydrogen (secondary N) is 1. The summed E-state index contributed by atoms with van der Waals surface area (Å²) in [5, 5.41) is 3.78. The highest BCUT2D eigenvalue weighted by molar-refractivity contribution is 5.27. The van der Waals surface area contributed by atoms with Gasteiger partial charge in [0, 0.05) is 17.7 Å². The minimum absolute atomic E-state index is 0.429. The van der Waals surface area contributed by atoms with Crippen LogP contribution >= 0.6 is 0 Å². The van der Waals surface area contributed by atoms with E-state index in [1.807, 2.05) is 6.08 Å². The predicted molar refractivity (Wildman–Crippen MR) is 90.7 cm³/mol. The molecule has 1 aliphatic carbocycles. The van der Waals surface area contributed by atoms with Gasteiger partial charge in [0.05, 0.1) is 0 Å². The second-order valence-corrected chi connectivity index (χ2v) is 6.48. The lowest BCUT2D eigenvalue weighted by molar-refractivity contribution is 0.387. The molecule has 0 amide bonds. The molecular formula is C19H33N. The van der Waals surface area contributed by atoms with E-state index in [-0.39, 0.29) is 0 Å². The molecule has 0 aromatic rings. The summed E-state index contributed by atoms with van der Waals surface area (Å²) in [5.74, 6) is 1.13. The molecule has 0 aromatic heterocycles. The van der Waals surface area contributed by atoms with Gasteiger partial charge < -0.3 is 5.32 Å². The fourth-order valence-electron chi connectivity index (χ4n) is 2.93. The van der Waals surface area contributed by atoms with Crippen LogP contribution in [0.25, 0.3) is 0 Å². The molecule has 1 saturated carbocycles. The number of rotatable bonds is 7. The first kappa shape index (κ1) is 17.1. The van der Waals surface area contributed by atoms with Crippen LogP contribution in [0, 0.1) is 11.8 Å². The lowest BCUT2D eigenvalue weighted by atomic mass is 9.91. The van der Waals surface area contributed by atoms with Gasteiger partial charge in [0.2, 0.25) is 0 Å². The van der Waals surface area contributed by atoms with Gasteiger partial charge in [0.15, 0.2) is 0 Å². The van der Waals surface area contributed by atoms with Crippen molar-refractivity contribution in [3.63, 3.8) is 0 Å². The van der Waals surface area contributed by atoms with Gasteiger partial charge >= 0.3 is 0 Å². The molecule has 0 bridgehead atoms. The molecule has 114 valence electrons. The Bertz CT molecular complexity index is 343. The molecule has 0 spiro atoms. The molecular weight excluding hydrogens is 242 g/mol. The van der Waals surface area contributed by atoms with E-state index in [0.717, 1.165) is 6.42 Å². The Morgan fingerprint density at radius 1 is 1.20 bits per heavy atom. The van der Waals surface area contributed by atoms with Crippen molar-refractivity contribution in [1.29, 1.82) is 0 Å². The summed E-state index contributed by atoms with van der Waals surface area (Å²) in [6.07, 6.45) is 14.6. The zero-order chi connectivity index (χ0) is 15.0. The van der Waals surface area contributed by atoms with E-state index in [1.165, 1.54) is 43.4 Å². The van der Waals surface area contributed by atoms with Gasteiger partial charge in [0.1, 0.15) is 0 Å². The Kier molecular flexibility index (Phi) is 7.72. The highest BCUT2D eigenvalue weighted by Gasteiger charge is 2.17. The molecule has 1 rings (SSSR count). The first-order chi connectivity index (χ1) is 9.58. The van der Waals surface area contributed by atoms with Gasteiger partial charge in [-0.05, 0) is 37.7 Å². The Morgan fingerprint density at radius 3 is 2.35 bits per heavy atom. The zero-order valence-electron chi connectivity index (χ0n) is 13.9. The van der Waals surface area contributed by atoms with E-state index < -0.39 is 0 Å². The van der Waals surface area contributed by atoms with Crippen LogP contribution in [0.4, 0.5) is 0 Å². The van der Waals surface area contributed by atoms with Crippen LogP contribution in [0.5, 0.6) is 0 Å². The molecule has 0 radical (unpaired) electrons. The second-order valence-electron chi connectivity index (χ2n) is 6.48. The molecule has 1 atom stereocenters. The van der Waals surface area contributed by atoms with Crippen LogP contribution in [0.15, 0.2) is 36.1 Å². The summed E-state index contributed by atoms with van der Waals surface area (Å²) in [6, 6.07) is 0.675. The molecule has 0 heterocycles. The molecule has 1 fully saturated rings. The number of allylic oxidation sites excluding steroid dienone is 4. The van der Waals surface area contributed by atoms with Crippen molar-refractivity contribution in [2.45, 2.75) is 72.3 Å². The fourth-order valence-corrected chi connectivity index (χ4v) is 2.93. The molecule has 1 aliphatic rings. The quantitative estimate of drug-likeness (QED) is 0.596. The zero-order valence-corrected chi connectivity index (χ0v) is 13.9. The number of hydrogen-bond acceptors (Lipinski definition) is 1. The highest BCUT2D eigenvalue weighted by Crippen LogP contribution is 2.24. The minimum Gasteiger partial charge on any atom is -0.385 e. The highest BCUT2D eigenvalue weighted by atomic mass is 14.9. The molecule has 1 unspecified atom stereocenters. The molecule has 20 heavy (non-hydrogen) atoms. The SMILES string of the molecule is C=C/C(=C\CC(C)C)C(C)/C(=C/C)NC1CCCCC1. The molecule has 0 saturated heterocycles. The number of hydrogen-bond donors (Lipinski definition) is 1. The second kappa shape index (κ2) is 9.05. The third kappa shape index (κ3) is 5.56. The minimum atomic E-state index is 0.429. The Labute approximate surface area is 126 Å². The summed E-state index contributed by atoms with van der Waals surface area (Å²) < 4.78 is 0. The molecule has 0 aliphatic heterocycles. The summed E-state index contributed by atoms with van der Waals surface area (Å²) >= 11 is 0. The van der Waals surface area contributed by atoms with Crippen molar-refractivity contribution in [3.05, 3.63) is 36.1 Å². The van der Waals surface area contributed by atoms with Crippen LogP contribution in [0.1, 0.15) is 66.2 Å². The van der Waals surface area contributed by atoms with Crippen LogP contribution in [0.2, 0.25) is 0 Å². The normalized spacial score (nSPS) is 20.1. The fraction of sp³-hybridized carbons (Fsp3) is 0.684. The predicted octanol–water partition coefficient (Wildman–Crippen LogP) is 5.61. The van der Waals surface area contributed by atoms with E-state index in [1.54, 1.807) is 0 Å². The molecule has 1 heteroatoms.